The average molecular weight is 649 g/mol. The second-order valence-electron chi connectivity index (χ2n) is 10.6. The van der Waals surface area contributed by atoms with Crippen LogP contribution in [-0.4, -0.2) is 65.9 Å². The van der Waals surface area contributed by atoms with Gasteiger partial charge in [-0.05, 0) is 61.3 Å². The fourth-order valence-electron chi connectivity index (χ4n) is 5.25. The van der Waals surface area contributed by atoms with E-state index in [4.69, 9.17) is 14.5 Å². The van der Waals surface area contributed by atoms with E-state index in [1.807, 2.05) is 41.9 Å². The first kappa shape index (κ1) is 30.4. The minimum Gasteiger partial charge on any atom is -0.494 e. The molecule has 0 bridgehead atoms. The van der Waals surface area contributed by atoms with Crippen LogP contribution in [0.5, 0.6) is 11.5 Å². The Morgan fingerprint density at radius 3 is 2.40 bits per heavy atom. The Kier molecular flexibility index (Phi) is 9.52. The van der Waals surface area contributed by atoms with Crippen LogP contribution >= 0.6 is 15.9 Å². The molecule has 11 heteroatoms. The number of aromatic nitrogens is 3. The third kappa shape index (κ3) is 7.11. The van der Waals surface area contributed by atoms with Crippen molar-refractivity contribution >= 4 is 45.0 Å². The SMILES string of the molecule is CCc1cc(Br)cc(CC)c1NC(=O)Oc1cc(-c2ccnc(Nc3ccc(N4CCN(C)CC4)cc3OC)n2)n(C)c1. The quantitative estimate of drug-likeness (QED) is 0.213. The van der Waals surface area contributed by atoms with Crippen molar-refractivity contribution in [2.75, 3.05) is 55.9 Å². The van der Waals surface area contributed by atoms with Gasteiger partial charge in [0.15, 0.2) is 5.75 Å². The number of aryl methyl sites for hydroxylation is 3. The van der Waals surface area contributed by atoms with Crippen molar-refractivity contribution in [1.29, 1.82) is 0 Å². The molecule has 1 fully saturated rings. The van der Waals surface area contributed by atoms with Crippen LogP contribution in [-0.2, 0) is 19.9 Å². The third-order valence-corrected chi connectivity index (χ3v) is 8.12. The van der Waals surface area contributed by atoms with E-state index in [2.05, 4.69) is 68.3 Å². The third-order valence-electron chi connectivity index (χ3n) is 7.66. The summed E-state index contributed by atoms with van der Waals surface area (Å²) in [6, 6.07) is 13.8. The normalized spacial score (nSPS) is 13.6. The van der Waals surface area contributed by atoms with Crippen LogP contribution in [0.2, 0.25) is 0 Å². The number of ether oxygens (including phenoxy) is 2. The summed E-state index contributed by atoms with van der Waals surface area (Å²) in [6.45, 7) is 8.14. The van der Waals surface area contributed by atoms with Gasteiger partial charge in [0, 0.05) is 67.9 Å². The topological polar surface area (TPSA) is 96.8 Å². The number of carbonyl (C=O) groups is 1. The lowest BCUT2D eigenvalue weighted by atomic mass is 10.0. The first-order chi connectivity index (χ1) is 20.8. The first-order valence-corrected chi connectivity index (χ1v) is 15.3. The molecule has 0 atom stereocenters. The Bertz CT molecular complexity index is 1570. The van der Waals surface area contributed by atoms with E-state index in [1.54, 1.807) is 25.6 Å². The van der Waals surface area contributed by atoms with Crippen LogP contribution in [0.4, 0.5) is 27.8 Å². The highest BCUT2D eigenvalue weighted by Crippen LogP contribution is 2.33. The Labute approximate surface area is 261 Å². The zero-order chi connectivity index (χ0) is 30.5. The van der Waals surface area contributed by atoms with Gasteiger partial charge >= 0.3 is 6.09 Å². The van der Waals surface area contributed by atoms with Crippen molar-refractivity contribution in [2.45, 2.75) is 26.7 Å². The number of carbonyl (C=O) groups excluding carboxylic acids is 1. The first-order valence-electron chi connectivity index (χ1n) is 14.5. The molecular formula is C32H38BrN7O3. The summed E-state index contributed by atoms with van der Waals surface area (Å²) in [6.07, 6.45) is 4.48. The lowest BCUT2D eigenvalue weighted by Crippen LogP contribution is -2.44. The number of amides is 1. The summed E-state index contributed by atoms with van der Waals surface area (Å²) >= 11 is 3.56. The van der Waals surface area contributed by atoms with E-state index in [0.29, 0.717) is 23.1 Å². The van der Waals surface area contributed by atoms with E-state index in [0.717, 1.165) is 77.4 Å². The Hall–Kier alpha value is -4.09. The van der Waals surface area contributed by atoms with Gasteiger partial charge in [0.25, 0.3) is 0 Å². The van der Waals surface area contributed by atoms with Crippen LogP contribution in [0, 0.1) is 0 Å². The van der Waals surface area contributed by atoms with Crippen LogP contribution < -0.4 is 25.0 Å². The number of nitrogens with one attached hydrogen (secondary N) is 2. The van der Waals surface area contributed by atoms with Gasteiger partial charge in [-0.25, -0.2) is 14.8 Å². The summed E-state index contributed by atoms with van der Waals surface area (Å²) in [5.74, 6) is 1.56. The molecule has 2 N–H and O–H groups in total. The largest absolute Gasteiger partial charge is 0.494 e. The molecule has 0 unspecified atom stereocenters. The minimum atomic E-state index is -0.541. The molecule has 5 rings (SSSR count). The molecule has 3 heterocycles. The highest BCUT2D eigenvalue weighted by atomic mass is 79.9. The number of anilines is 4. The van der Waals surface area contributed by atoms with E-state index >= 15 is 0 Å². The molecule has 43 heavy (non-hydrogen) atoms. The van der Waals surface area contributed by atoms with Crippen molar-refractivity contribution < 1.29 is 14.3 Å². The van der Waals surface area contributed by atoms with Crippen molar-refractivity contribution in [1.82, 2.24) is 19.4 Å². The number of methoxy groups -OCH3 is 1. The van der Waals surface area contributed by atoms with E-state index < -0.39 is 6.09 Å². The maximum atomic E-state index is 12.9. The molecular weight excluding hydrogens is 610 g/mol. The van der Waals surface area contributed by atoms with Gasteiger partial charge in [0.2, 0.25) is 5.95 Å². The molecule has 1 aliphatic heterocycles. The molecule has 10 nitrogen and oxygen atoms in total. The molecule has 4 aromatic rings. The Morgan fingerprint density at radius 2 is 1.72 bits per heavy atom. The van der Waals surface area contributed by atoms with Crippen molar-refractivity contribution in [3.8, 4) is 22.9 Å². The molecule has 1 saturated heterocycles. The predicted molar refractivity (Wildman–Crippen MR) is 175 cm³/mol. The maximum Gasteiger partial charge on any atom is 0.417 e. The number of halogens is 1. The van der Waals surface area contributed by atoms with Gasteiger partial charge in [-0.3, -0.25) is 5.32 Å². The van der Waals surface area contributed by atoms with Gasteiger partial charge < -0.3 is 29.2 Å². The monoisotopic (exact) mass is 647 g/mol. The lowest BCUT2D eigenvalue weighted by Gasteiger charge is -2.34. The van der Waals surface area contributed by atoms with Crippen LogP contribution in [0.3, 0.4) is 0 Å². The number of nitrogens with zero attached hydrogens (tertiary/aromatic N) is 5. The number of benzene rings is 2. The summed E-state index contributed by atoms with van der Waals surface area (Å²) in [5, 5.41) is 6.26. The summed E-state index contributed by atoms with van der Waals surface area (Å²) < 4.78 is 14.3. The standard InChI is InChI=1S/C32H38BrN7O3/c1-6-21-16-23(33)17-22(7-2)30(21)37-32(41)43-25-19-28(39(4)20-25)26-10-11-34-31(35-26)36-27-9-8-24(18-29(27)42-5)40-14-12-38(3)13-15-40/h8-11,16-20H,6-7,12-15H2,1-5H3,(H,37,41)(H,34,35,36). The van der Waals surface area contributed by atoms with Crippen LogP contribution in [0.25, 0.3) is 11.4 Å². The molecule has 2 aromatic carbocycles. The fourth-order valence-corrected chi connectivity index (χ4v) is 5.80. The molecule has 0 radical (unpaired) electrons. The molecule has 1 amide bonds. The number of likely N-dealkylation sites (N-methyl/N-ethyl adjacent to an activating group) is 1. The van der Waals surface area contributed by atoms with E-state index in [-0.39, 0.29) is 0 Å². The second kappa shape index (κ2) is 13.5. The molecule has 0 spiro atoms. The van der Waals surface area contributed by atoms with Crippen molar-refractivity contribution in [3.05, 3.63) is 70.5 Å². The number of hydrogen-bond acceptors (Lipinski definition) is 8. The fraction of sp³-hybridized carbons (Fsp3) is 0.344. The zero-order valence-corrected chi connectivity index (χ0v) is 26.9. The highest BCUT2D eigenvalue weighted by molar-refractivity contribution is 9.10. The lowest BCUT2D eigenvalue weighted by molar-refractivity contribution is 0.215. The van der Waals surface area contributed by atoms with Gasteiger partial charge in [0.05, 0.1) is 29.9 Å². The maximum absolute atomic E-state index is 12.9. The summed E-state index contributed by atoms with van der Waals surface area (Å²) in [4.78, 5) is 26.8. The number of hydrogen-bond donors (Lipinski definition) is 2. The van der Waals surface area contributed by atoms with Crippen LogP contribution in [0.15, 0.2) is 59.3 Å². The molecule has 1 aliphatic rings. The number of rotatable bonds is 9. The Balaban J connectivity index is 1.30. The van der Waals surface area contributed by atoms with E-state index in [9.17, 15) is 4.79 Å². The molecule has 0 saturated carbocycles. The summed E-state index contributed by atoms with van der Waals surface area (Å²) in [7, 11) is 5.69. The molecule has 0 aliphatic carbocycles. The van der Waals surface area contributed by atoms with Crippen LogP contribution in [0.1, 0.15) is 25.0 Å². The van der Waals surface area contributed by atoms with Gasteiger partial charge in [-0.2, -0.15) is 0 Å². The smallest absolute Gasteiger partial charge is 0.417 e. The number of piperazine rings is 1. The zero-order valence-electron chi connectivity index (χ0n) is 25.3. The Morgan fingerprint density at radius 1 is 1.00 bits per heavy atom. The molecule has 2 aromatic heterocycles. The predicted octanol–water partition coefficient (Wildman–Crippen LogP) is 6.48. The average Bonchev–Trinajstić information content (AvgIpc) is 3.37. The van der Waals surface area contributed by atoms with E-state index in [1.165, 1.54) is 0 Å². The van der Waals surface area contributed by atoms with Crippen molar-refractivity contribution in [2.24, 2.45) is 7.05 Å². The highest BCUT2D eigenvalue weighted by Gasteiger charge is 2.18. The van der Waals surface area contributed by atoms with Crippen molar-refractivity contribution in [3.63, 3.8) is 0 Å². The molecule has 226 valence electrons. The van der Waals surface area contributed by atoms with Gasteiger partial charge in [0.1, 0.15) is 5.75 Å². The van der Waals surface area contributed by atoms with Gasteiger partial charge in [-0.15, -0.1) is 0 Å². The summed E-state index contributed by atoms with van der Waals surface area (Å²) in [5.41, 5.74) is 6.24. The minimum absolute atomic E-state index is 0.414. The van der Waals surface area contributed by atoms with Gasteiger partial charge in [-0.1, -0.05) is 29.8 Å². The second-order valence-corrected chi connectivity index (χ2v) is 11.5.